The van der Waals surface area contributed by atoms with E-state index in [1.54, 1.807) is 18.6 Å². The minimum atomic E-state index is -0.109. The molecule has 28 heavy (non-hydrogen) atoms. The van der Waals surface area contributed by atoms with E-state index in [9.17, 15) is 4.79 Å². The van der Waals surface area contributed by atoms with Crippen LogP contribution in [0.15, 0.2) is 67.1 Å². The number of aromatic amines is 1. The third-order valence-electron chi connectivity index (χ3n) is 4.17. The number of aromatic nitrogens is 4. The molecule has 1 amide bonds. The highest BCUT2D eigenvalue weighted by Gasteiger charge is 2.10. The van der Waals surface area contributed by atoms with Crippen LogP contribution in [0.3, 0.4) is 0 Å². The van der Waals surface area contributed by atoms with Gasteiger partial charge in [-0.15, -0.1) is 10.2 Å². The summed E-state index contributed by atoms with van der Waals surface area (Å²) in [7, 11) is 0. The number of hydrogen-bond donors (Lipinski definition) is 4. The molecule has 0 spiro atoms. The van der Waals surface area contributed by atoms with Crippen molar-refractivity contribution in [1.82, 2.24) is 25.5 Å². The van der Waals surface area contributed by atoms with Crippen LogP contribution in [0, 0.1) is 0 Å². The van der Waals surface area contributed by atoms with E-state index in [0.717, 1.165) is 16.6 Å². The number of para-hydroxylation sites is 1. The first kappa shape index (κ1) is 17.5. The third kappa shape index (κ3) is 4.07. The van der Waals surface area contributed by atoms with Gasteiger partial charge in [-0.05, 0) is 30.3 Å². The molecule has 8 nitrogen and oxygen atoms in total. The van der Waals surface area contributed by atoms with E-state index in [4.69, 9.17) is 0 Å². The standard InChI is InChI=1S/C20H19N7O/c28-20(16-13-24-17-4-2-1-3-15(16)17)23-12-11-22-18-5-6-19(27-26-18)25-14-7-9-21-10-8-14/h1-10,13,24H,11-12H2,(H,22,26)(H,23,28)(H,21,25,27). The summed E-state index contributed by atoms with van der Waals surface area (Å²) in [5, 5.41) is 18.4. The number of amides is 1. The Morgan fingerprint density at radius 1 is 0.929 bits per heavy atom. The predicted octanol–water partition coefficient (Wildman–Crippen LogP) is 2.94. The van der Waals surface area contributed by atoms with Crippen molar-refractivity contribution in [3.63, 3.8) is 0 Å². The van der Waals surface area contributed by atoms with Gasteiger partial charge in [0, 0.05) is 48.3 Å². The van der Waals surface area contributed by atoms with Crippen LogP contribution >= 0.6 is 0 Å². The Bertz CT molecular complexity index is 1060. The maximum Gasteiger partial charge on any atom is 0.253 e. The highest BCUT2D eigenvalue weighted by Crippen LogP contribution is 2.17. The zero-order chi connectivity index (χ0) is 19.2. The summed E-state index contributed by atoms with van der Waals surface area (Å²) in [6.07, 6.45) is 5.14. The fourth-order valence-electron chi connectivity index (χ4n) is 2.80. The molecule has 0 radical (unpaired) electrons. The lowest BCUT2D eigenvalue weighted by molar-refractivity contribution is 0.0957. The van der Waals surface area contributed by atoms with Gasteiger partial charge in [-0.3, -0.25) is 9.78 Å². The Morgan fingerprint density at radius 2 is 1.71 bits per heavy atom. The molecule has 0 fully saturated rings. The minimum Gasteiger partial charge on any atom is -0.367 e. The number of anilines is 3. The molecule has 0 bridgehead atoms. The first-order chi connectivity index (χ1) is 13.8. The maximum absolute atomic E-state index is 12.3. The van der Waals surface area contributed by atoms with Gasteiger partial charge < -0.3 is 20.9 Å². The van der Waals surface area contributed by atoms with Gasteiger partial charge in [0.2, 0.25) is 0 Å². The molecule has 4 aromatic rings. The second-order valence-electron chi connectivity index (χ2n) is 6.10. The number of H-pyrrole nitrogens is 1. The SMILES string of the molecule is O=C(NCCNc1ccc(Nc2ccncc2)nn1)c1c[nH]c2ccccc12. The van der Waals surface area contributed by atoms with Crippen LogP contribution in [0.1, 0.15) is 10.4 Å². The van der Waals surface area contributed by atoms with Crippen LogP contribution in [0.5, 0.6) is 0 Å². The van der Waals surface area contributed by atoms with Gasteiger partial charge >= 0.3 is 0 Å². The van der Waals surface area contributed by atoms with Gasteiger partial charge in [-0.2, -0.15) is 0 Å². The average molecular weight is 373 g/mol. The summed E-state index contributed by atoms with van der Waals surface area (Å²) in [6, 6.07) is 15.1. The Morgan fingerprint density at radius 3 is 2.54 bits per heavy atom. The molecule has 3 heterocycles. The molecule has 0 aliphatic heterocycles. The summed E-state index contributed by atoms with van der Waals surface area (Å²) in [5.74, 6) is 1.17. The monoisotopic (exact) mass is 373 g/mol. The second-order valence-corrected chi connectivity index (χ2v) is 6.10. The Hall–Kier alpha value is -3.94. The number of nitrogens with one attached hydrogen (secondary N) is 4. The Labute approximate surface area is 161 Å². The lowest BCUT2D eigenvalue weighted by Gasteiger charge is -2.08. The molecule has 0 atom stereocenters. The summed E-state index contributed by atoms with van der Waals surface area (Å²) < 4.78 is 0. The van der Waals surface area contributed by atoms with Crippen LogP contribution in [0.4, 0.5) is 17.3 Å². The van der Waals surface area contributed by atoms with Gasteiger partial charge in [0.15, 0.2) is 5.82 Å². The molecule has 1 aromatic carbocycles. The highest BCUT2D eigenvalue weighted by molar-refractivity contribution is 6.06. The van der Waals surface area contributed by atoms with Gasteiger partial charge in [0.25, 0.3) is 5.91 Å². The quantitative estimate of drug-likeness (QED) is 0.371. The van der Waals surface area contributed by atoms with Gasteiger partial charge in [-0.1, -0.05) is 18.2 Å². The van der Waals surface area contributed by atoms with Crippen LogP contribution in [-0.4, -0.2) is 39.2 Å². The summed E-state index contributed by atoms with van der Waals surface area (Å²) in [6.45, 7) is 1.01. The molecule has 0 aliphatic carbocycles. The number of nitrogens with zero attached hydrogens (tertiary/aromatic N) is 3. The third-order valence-corrected chi connectivity index (χ3v) is 4.17. The molecule has 8 heteroatoms. The van der Waals surface area contributed by atoms with E-state index < -0.39 is 0 Å². The zero-order valence-corrected chi connectivity index (χ0v) is 15.0. The number of rotatable bonds is 7. The molecule has 4 N–H and O–H groups in total. The van der Waals surface area contributed by atoms with Crippen molar-refractivity contribution in [3.8, 4) is 0 Å². The van der Waals surface area contributed by atoms with Crippen molar-refractivity contribution in [2.75, 3.05) is 23.7 Å². The van der Waals surface area contributed by atoms with Crippen LogP contribution in [0.2, 0.25) is 0 Å². The van der Waals surface area contributed by atoms with Crippen LogP contribution in [0.25, 0.3) is 10.9 Å². The van der Waals surface area contributed by atoms with Gasteiger partial charge in [-0.25, -0.2) is 0 Å². The highest BCUT2D eigenvalue weighted by atomic mass is 16.1. The lowest BCUT2D eigenvalue weighted by Crippen LogP contribution is -2.28. The second kappa shape index (κ2) is 8.17. The van der Waals surface area contributed by atoms with Crippen molar-refractivity contribution < 1.29 is 4.79 Å². The number of fused-ring (bicyclic) bond motifs is 1. The van der Waals surface area contributed by atoms with Gasteiger partial charge in [0.1, 0.15) is 5.82 Å². The normalized spacial score (nSPS) is 10.6. The first-order valence-corrected chi connectivity index (χ1v) is 8.88. The van der Waals surface area contributed by atoms with Crippen molar-refractivity contribution in [2.45, 2.75) is 0 Å². The summed E-state index contributed by atoms with van der Waals surface area (Å²) >= 11 is 0. The summed E-state index contributed by atoms with van der Waals surface area (Å²) in [4.78, 5) is 19.4. The average Bonchev–Trinajstić information content (AvgIpc) is 3.17. The fraction of sp³-hybridized carbons (Fsp3) is 0.100. The zero-order valence-electron chi connectivity index (χ0n) is 15.0. The van der Waals surface area contributed by atoms with Crippen molar-refractivity contribution in [1.29, 1.82) is 0 Å². The molecular formula is C20H19N7O. The van der Waals surface area contributed by atoms with Crippen molar-refractivity contribution >= 4 is 34.1 Å². The largest absolute Gasteiger partial charge is 0.367 e. The van der Waals surface area contributed by atoms with E-state index in [0.29, 0.717) is 30.3 Å². The Balaban J connectivity index is 1.25. The van der Waals surface area contributed by atoms with E-state index >= 15 is 0 Å². The van der Waals surface area contributed by atoms with E-state index in [1.165, 1.54) is 0 Å². The first-order valence-electron chi connectivity index (χ1n) is 8.88. The molecule has 0 aliphatic rings. The lowest BCUT2D eigenvalue weighted by atomic mass is 10.1. The predicted molar refractivity (Wildman–Crippen MR) is 109 cm³/mol. The topological polar surface area (TPSA) is 108 Å². The van der Waals surface area contributed by atoms with Crippen molar-refractivity contribution in [2.24, 2.45) is 0 Å². The van der Waals surface area contributed by atoms with Gasteiger partial charge in [0.05, 0.1) is 5.56 Å². The van der Waals surface area contributed by atoms with Crippen molar-refractivity contribution in [3.05, 3.63) is 72.7 Å². The molecule has 0 unspecified atom stereocenters. The number of carbonyl (C=O) groups is 1. The van der Waals surface area contributed by atoms with E-state index in [2.05, 4.69) is 36.1 Å². The number of hydrogen-bond acceptors (Lipinski definition) is 6. The number of benzene rings is 1. The van der Waals surface area contributed by atoms with Crippen LogP contribution in [-0.2, 0) is 0 Å². The molecule has 3 aromatic heterocycles. The molecule has 0 saturated heterocycles. The van der Waals surface area contributed by atoms with E-state index in [-0.39, 0.29) is 5.91 Å². The smallest absolute Gasteiger partial charge is 0.253 e. The Kier molecular flexibility index (Phi) is 5.10. The molecule has 4 rings (SSSR count). The van der Waals surface area contributed by atoms with Crippen LogP contribution < -0.4 is 16.0 Å². The maximum atomic E-state index is 12.3. The van der Waals surface area contributed by atoms with E-state index in [1.807, 2.05) is 48.5 Å². The minimum absolute atomic E-state index is 0.109. The number of pyridine rings is 1. The molecular weight excluding hydrogens is 354 g/mol. The molecule has 0 saturated carbocycles. The molecule has 140 valence electrons. The fourth-order valence-corrected chi connectivity index (χ4v) is 2.80. The number of carbonyl (C=O) groups excluding carboxylic acids is 1. The summed E-state index contributed by atoms with van der Waals surface area (Å²) in [5.41, 5.74) is 2.48.